The summed E-state index contributed by atoms with van der Waals surface area (Å²) in [6.45, 7) is 12.1. The third kappa shape index (κ3) is 5.94. The van der Waals surface area contributed by atoms with Crippen LogP contribution in [0.4, 0.5) is 0 Å². The van der Waals surface area contributed by atoms with Crippen LogP contribution in [0, 0.1) is 29.6 Å². The van der Waals surface area contributed by atoms with E-state index < -0.39 is 23.8 Å². The van der Waals surface area contributed by atoms with Crippen LogP contribution in [0.2, 0.25) is 0 Å². The lowest BCUT2D eigenvalue weighted by Crippen LogP contribution is -2.55. The second-order valence-electron chi connectivity index (χ2n) is 13.7. The highest BCUT2D eigenvalue weighted by molar-refractivity contribution is 5.89. The van der Waals surface area contributed by atoms with E-state index in [9.17, 15) is 14.4 Å². The lowest BCUT2D eigenvalue weighted by Gasteiger charge is -2.61. The Morgan fingerprint density at radius 2 is 1.77 bits per heavy atom. The molecule has 2 unspecified atom stereocenters. The van der Waals surface area contributed by atoms with Crippen LogP contribution in [0.15, 0.2) is 12.1 Å². The second-order valence-corrected chi connectivity index (χ2v) is 13.7. The summed E-state index contributed by atoms with van der Waals surface area (Å²) in [5.41, 5.74) is 16.1. The molecule has 4 rings (SSSR count). The summed E-state index contributed by atoms with van der Waals surface area (Å²) in [6, 6.07) is 3.33. The fourth-order valence-electron chi connectivity index (χ4n) is 8.83. The summed E-state index contributed by atoms with van der Waals surface area (Å²) in [6.07, 6.45) is 9.45. The number of unbranched alkanes of at least 4 members (excludes halogenated alkanes) is 1. The van der Waals surface area contributed by atoms with Gasteiger partial charge in [-0.1, -0.05) is 40.5 Å². The first-order valence-corrected chi connectivity index (χ1v) is 15.2. The smallest absolute Gasteiger partial charge is 0.330 e. The van der Waals surface area contributed by atoms with Crippen molar-refractivity contribution in [3.63, 3.8) is 0 Å². The maximum Gasteiger partial charge on any atom is 0.330 e. The van der Waals surface area contributed by atoms with Crippen molar-refractivity contribution in [1.82, 2.24) is 10.6 Å². The first kappa shape index (κ1) is 30.5. The number of aryl methyl sites for hydroxylation is 1. The van der Waals surface area contributed by atoms with E-state index in [0.717, 1.165) is 25.2 Å². The molecule has 0 aromatic heterocycles. The Bertz CT molecular complexity index is 1130. The molecule has 0 radical (unpaired) electrons. The first-order chi connectivity index (χ1) is 18.8. The quantitative estimate of drug-likeness (QED) is 0.198. The van der Waals surface area contributed by atoms with Gasteiger partial charge >= 0.3 is 5.97 Å². The fourth-order valence-corrected chi connectivity index (χ4v) is 8.83. The lowest BCUT2D eigenvalue weighted by molar-refractivity contribution is -0.135. The van der Waals surface area contributed by atoms with Gasteiger partial charge in [0.05, 0.1) is 12.6 Å². The van der Waals surface area contributed by atoms with Crippen LogP contribution < -0.4 is 26.8 Å². The number of esters is 1. The average Bonchev–Trinajstić information content (AvgIpc) is 3.19. The third-order valence-electron chi connectivity index (χ3n) is 10.6. The largest absolute Gasteiger partial charge is 0.425 e. The van der Waals surface area contributed by atoms with Crippen molar-refractivity contribution in [2.75, 3.05) is 19.6 Å². The van der Waals surface area contributed by atoms with Gasteiger partial charge in [0.2, 0.25) is 11.8 Å². The zero-order valence-corrected chi connectivity index (χ0v) is 25.2. The Labute approximate surface area is 239 Å². The van der Waals surface area contributed by atoms with E-state index in [1.54, 1.807) is 0 Å². The van der Waals surface area contributed by atoms with Crippen LogP contribution in [0.25, 0.3) is 0 Å². The van der Waals surface area contributed by atoms with Crippen molar-refractivity contribution in [2.45, 2.75) is 104 Å². The summed E-state index contributed by atoms with van der Waals surface area (Å²) in [7, 11) is 0. The molecule has 1 aromatic rings. The molecular formula is C32H50N4O4. The topological polar surface area (TPSA) is 137 Å². The number of nitrogens with two attached hydrogens (primary N) is 2. The molecule has 8 heteroatoms. The molecule has 3 aliphatic carbocycles. The molecular weight excluding hydrogens is 504 g/mol. The molecule has 3 aliphatic rings. The normalized spacial score (nSPS) is 29.0. The number of hydrogen-bond acceptors (Lipinski definition) is 6. The van der Waals surface area contributed by atoms with Crippen molar-refractivity contribution < 1.29 is 19.1 Å². The first-order valence-electron chi connectivity index (χ1n) is 15.2. The summed E-state index contributed by atoms with van der Waals surface area (Å²) in [5.74, 6) is 0.440. The van der Waals surface area contributed by atoms with Crippen molar-refractivity contribution in [1.29, 1.82) is 0 Å². The van der Waals surface area contributed by atoms with E-state index in [0.29, 0.717) is 35.5 Å². The van der Waals surface area contributed by atoms with E-state index in [1.807, 2.05) is 12.1 Å². The van der Waals surface area contributed by atoms with Gasteiger partial charge in [0.25, 0.3) is 0 Å². The number of benzene rings is 1. The van der Waals surface area contributed by atoms with Crippen LogP contribution in [-0.4, -0.2) is 43.5 Å². The van der Waals surface area contributed by atoms with E-state index in [2.05, 4.69) is 45.3 Å². The van der Waals surface area contributed by atoms with Gasteiger partial charge in [-0.05, 0) is 115 Å². The highest BCUT2D eigenvalue weighted by Crippen LogP contribution is 2.67. The van der Waals surface area contributed by atoms with Crippen molar-refractivity contribution in [3.05, 3.63) is 28.8 Å². The molecule has 0 saturated heterocycles. The molecule has 0 aliphatic heterocycles. The standard InChI is InChI=1S/C32H50N4O4/c1-20-15-22(40-27(38)19-35-26(37)18-36-29(39)23(34)9-6-7-14-33)16-21-17-25-31(4)12-8-11-30(2,3)24(31)10-13-32(25,5)28(20)21/h15-16,23-25H,6-14,17-19,33-34H2,1-5H3,(H,35,37)(H,36,39)/t23?,24?,25-,31+,32-/m1/s1. The summed E-state index contributed by atoms with van der Waals surface area (Å²) < 4.78 is 5.67. The molecule has 2 saturated carbocycles. The molecule has 8 nitrogen and oxygen atoms in total. The third-order valence-corrected chi connectivity index (χ3v) is 10.6. The summed E-state index contributed by atoms with van der Waals surface area (Å²) in [5, 5.41) is 5.04. The Morgan fingerprint density at radius 1 is 1.02 bits per heavy atom. The van der Waals surface area contributed by atoms with Gasteiger partial charge in [0.15, 0.2) is 0 Å². The second kappa shape index (κ2) is 11.8. The molecule has 0 bridgehead atoms. The number of fused-ring (bicyclic) bond motifs is 5. The minimum Gasteiger partial charge on any atom is -0.425 e. The van der Waals surface area contributed by atoms with Crippen LogP contribution in [-0.2, 0) is 26.2 Å². The average molecular weight is 555 g/mol. The fraction of sp³-hybridized carbons (Fsp3) is 0.719. The molecule has 5 atom stereocenters. The molecule has 1 aromatic carbocycles. The Hall–Kier alpha value is -2.45. The number of ether oxygens (including phenoxy) is 1. The zero-order valence-electron chi connectivity index (χ0n) is 25.2. The van der Waals surface area contributed by atoms with E-state index in [1.165, 1.54) is 48.8 Å². The number of nitrogens with one attached hydrogen (secondary N) is 2. The molecule has 2 amide bonds. The van der Waals surface area contributed by atoms with Crippen LogP contribution in [0.5, 0.6) is 5.75 Å². The lowest BCUT2D eigenvalue weighted by atomic mass is 9.43. The number of carbonyl (C=O) groups excluding carboxylic acids is 3. The molecule has 2 fully saturated rings. The minimum absolute atomic E-state index is 0.145. The van der Waals surface area contributed by atoms with Crippen LogP contribution in [0.3, 0.4) is 0 Å². The van der Waals surface area contributed by atoms with E-state index in [-0.39, 0.29) is 18.5 Å². The van der Waals surface area contributed by atoms with Crippen molar-refractivity contribution in [3.8, 4) is 5.75 Å². The molecule has 0 spiro atoms. The van der Waals surface area contributed by atoms with Gasteiger partial charge in [-0.2, -0.15) is 0 Å². The minimum atomic E-state index is -0.684. The Morgan fingerprint density at radius 3 is 2.50 bits per heavy atom. The van der Waals surface area contributed by atoms with E-state index in [4.69, 9.17) is 16.2 Å². The summed E-state index contributed by atoms with van der Waals surface area (Å²) in [4.78, 5) is 36.8. The monoisotopic (exact) mass is 554 g/mol. The molecule has 222 valence electrons. The Kier molecular flexibility index (Phi) is 9.00. The highest BCUT2D eigenvalue weighted by atomic mass is 16.5. The van der Waals surface area contributed by atoms with Crippen LogP contribution in [0.1, 0.15) is 95.8 Å². The number of carbonyl (C=O) groups is 3. The molecule has 40 heavy (non-hydrogen) atoms. The SMILES string of the molecule is Cc1cc(OC(=O)CNC(=O)CNC(=O)C(N)CCCCN)cc2c1[C@]1(C)CCC3C(C)(C)CCC[C@]3(C)[C@H]1C2. The maximum atomic E-state index is 12.6. The predicted molar refractivity (Wildman–Crippen MR) is 157 cm³/mol. The number of rotatable bonds is 10. The highest BCUT2D eigenvalue weighted by Gasteiger charge is 2.61. The predicted octanol–water partition coefficient (Wildman–Crippen LogP) is 3.65. The van der Waals surface area contributed by atoms with Gasteiger partial charge in [-0.15, -0.1) is 0 Å². The molecule has 6 N–H and O–H groups in total. The van der Waals surface area contributed by atoms with Gasteiger partial charge in [0, 0.05) is 0 Å². The number of amides is 2. The van der Waals surface area contributed by atoms with Gasteiger partial charge in [0.1, 0.15) is 12.3 Å². The zero-order chi connectivity index (χ0) is 29.3. The van der Waals surface area contributed by atoms with Crippen molar-refractivity contribution >= 4 is 17.8 Å². The van der Waals surface area contributed by atoms with Crippen molar-refractivity contribution in [2.24, 2.45) is 34.1 Å². The van der Waals surface area contributed by atoms with E-state index >= 15 is 0 Å². The Balaban J connectivity index is 1.34. The molecule has 0 heterocycles. The maximum absolute atomic E-state index is 12.6. The van der Waals surface area contributed by atoms with Gasteiger partial charge in [-0.3, -0.25) is 9.59 Å². The van der Waals surface area contributed by atoms with Crippen LogP contribution >= 0.6 is 0 Å². The van der Waals surface area contributed by atoms with Gasteiger partial charge < -0.3 is 26.8 Å². The van der Waals surface area contributed by atoms with Gasteiger partial charge in [-0.25, -0.2) is 4.79 Å². The summed E-state index contributed by atoms with van der Waals surface area (Å²) >= 11 is 0. The number of hydrogen-bond donors (Lipinski definition) is 4.